The first kappa shape index (κ1) is 16.5. The molecule has 4 nitrogen and oxygen atoms in total. The topological polar surface area (TPSA) is 58.4 Å². The van der Waals surface area contributed by atoms with Gasteiger partial charge in [-0.3, -0.25) is 4.79 Å². The molecule has 0 bridgehead atoms. The first-order chi connectivity index (χ1) is 9.47. The van der Waals surface area contributed by atoms with E-state index < -0.39 is 0 Å². The summed E-state index contributed by atoms with van der Waals surface area (Å²) in [5.74, 6) is 0.0421. The largest absolute Gasteiger partial charge is 0.399 e. The van der Waals surface area contributed by atoms with Gasteiger partial charge in [-0.15, -0.1) is 0 Å². The summed E-state index contributed by atoms with van der Waals surface area (Å²) in [6, 6.07) is 6.08. The second-order valence-corrected chi connectivity index (χ2v) is 5.26. The molecule has 0 radical (unpaired) electrons. The number of carbonyl (C=O) groups excluding carboxylic acids is 1. The standard InChI is InChI=1S/C16H27N3O/c1-5-13(4)19(6-2)10-9-16(20)18-15-11-14(17)8-7-12(15)3/h7-8,11,13H,5-6,9-10,17H2,1-4H3,(H,18,20). The molecule has 1 unspecified atom stereocenters. The van der Waals surface area contributed by atoms with Crippen LogP contribution in [0.2, 0.25) is 0 Å². The summed E-state index contributed by atoms with van der Waals surface area (Å²) < 4.78 is 0. The highest BCUT2D eigenvalue weighted by atomic mass is 16.1. The van der Waals surface area contributed by atoms with Crippen molar-refractivity contribution in [2.24, 2.45) is 0 Å². The van der Waals surface area contributed by atoms with Crippen LogP contribution in [0.1, 0.15) is 39.2 Å². The van der Waals surface area contributed by atoms with E-state index in [0.717, 1.165) is 30.8 Å². The summed E-state index contributed by atoms with van der Waals surface area (Å²) in [6.07, 6.45) is 1.61. The maximum absolute atomic E-state index is 12.0. The van der Waals surface area contributed by atoms with Crippen LogP contribution in [-0.4, -0.2) is 29.9 Å². The fraction of sp³-hybridized carbons (Fsp3) is 0.562. The van der Waals surface area contributed by atoms with E-state index in [1.165, 1.54) is 0 Å². The highest BCUT2D eigenvalue weighted by Crippen LogP contribution is 2.18. The average molecular weight is 277 g/mol. The van der Waals surface area contributed by atoms with Gasteiger partial charge in [-0.05, 0) is 44.5 Å². The summed E-state index contributed by atoms with van der Waals surface area (Å²) in [5.41, 5.74) is 8.25. The quantitative estimate of drug-likeness (QED) is 0.753. The molecule has 1 aromatic carbocycles. The maximum Gasteiger partial charge on any atom is 0.225 e. The van der Waals surface area contributed by atoms with Gasteiger partial charge in [-0.1, -0.05) is 19.9 Å². The number of anilines is 2. The molecule has 1 rings (SSSR count). The van der Waals surface area contributed by atoms with Gasteiger partial charge in [-0.2, -0.15) is 0 Å². The number of hydrogen-bond donors (Lipinski definition) is 2. The Morgan fingerprint density at radius 1 is 1.40 bits per heavy atom. The van der Waals surface area contributed by atoms with Crippen molar-refractivity contribution in [1.29, 1.82) is 0 Å². The van der Waals surface area contributed by atoms with E-state index in [2.05, 4.69) is 31.0 Å². The minimum Gasteiger partial charge on any atom is -0.399 e. The normalized spacial score (nSPS) is 12.4. The summed E-state index contributed by atoms with van der Waals surface area (Å²) in [6.45, 7) is 10.2. The summed E-state index contributed by atoms with van der Waals surface area (Å²) >= 11 is 0. The van der Waals surface area contributed by atoms with Gasteiger partial charge in [-0.25, -0.2) is 0 Å². The molecule has 1 amide bonds. The molecule has 1 aromatic rings. The number of nitrogens with zero attached hydrogens (tertiary/aromatic N) is 1. The minimum absolute atomic E-state index is 0.0421. The molecular weight excluding hydrogens is 250 g/mol. The van der Waals surface area contributed by atoms with E-state index in [1.54, 1.807) is 6.07 Å². The maximum atomic E-state index is 12.0. The fourth-order valence-corrected chi connectivity index (χ4v) is 2.18. The van der Waals surface area contributed by atoms with E-state index in [9.17, 15) is 4.79 Å². The predicted octanol–water partition coefficient (Wildman–Crippen LogP) is 3.03. The molecule has 3 N–H and O–H groups in total. The number of amides is 1. The van der Waals surface area contributed by atoms with Crippen molar-refractivity contribution >= 4 is 17.3 Å². The Labute approximate surface area is 122 Å². The average Bonchev–Trinajstić information content (AvgIpc) is 2.43. The molecule has 4 heteroatoms. The van der Waals surface area contributed by atoms with Gasteiger partial charge in [0.25, 0.3) is 0 Å². The molecule has 0 spiro atoms. The van der Waals surface area contributed by atoms with Crippen LogP contribution in [-0.2, 0) is 4.79 Å². The molecule has 0 heterocycles. The molecule has 0 aliphatic heterocycles. The van der Waals surface area contributed by atoms with Crippen molar-refractivity contribution in [3.05, 3.63) is 23.8 Å². The van der Waals surface area contributed by atoms with E-state index in [0.29, 0.717) is 18.2 Å². The Balaban J connectivity index is 2.53. The number of carbonyl (C=O) groups is 1. The minimum atomic E-state index is 0.0421. The predicted molar refractivity (Wildman–Crippen MR) is 85.8 cm³/mol. The second-order valence-electron chi connectivity index (χ2n) is 5.26. The monoisotopic (exact) mass is 277 g/mol. The SMILES string of the molecule is CCC(C)N(CC)CCC(=O)Nc1cc(N)ccc1C. The van der Waals surface area contributed by atoms with E-state index >= 15 is 0 Å². The van der Waals surface area contributed by atoms with Gasteiger partial charge in [0, 0.05) is 30.4 Å². The van der Waals surface area contributed by atoms with Crippen molar-refractivity contribution in [1.82, 2.24) is 4.90 Å². The van der Waals surface area contributed by atoms with Crippen LogP contribution in [0, 0.1) is 6.92 Å². The van der Waals surface area contributed by atoms with E-state index in [4.69, 9.17) is 5.73 Å². The molecule has 112 valence electrons. The molecule has 0 aromatic heterocycles. The zero-order valence-corrected chi connectivity index (χ0v) is 13.1. The summed E-state index contributed by atoms with van der Waals surface area (Å²) in [4.78, 5) is 14.4. The van der Waals surface area contributed by atoms with E-state index in [1.807, 2.05) is 19.1 Å². The Hall–Kier alpha value is -1.55. The molecule has 0 aliphatic carbocycles. The smallest absolute Gasteiger partial charge is 0.225 e. The number of nitrogen functional groups attached to an aromatic ring is 1. The number of aryl methyl sites for hydroxylation is 1. The fourth-order valence-electron chi connectivity index (χ4n) is 2.18. The van der Waals surface area contributed by atoms with Crippen LogP contribution in [0.25, 0.3) is 0 Å². The molecule has 20 heavy (non-hydrogen) atoms. The first-order valence-electron chi connectivity index (χ1n) is 7.37. The zero-order chi connectivity index (χ0) is 15.1. The lowest BCUT2D eigenvalue weighted by Gasteiger charge is -2.26. The third-order valence-electron chi connectivity index (χ3n) is 3.78. The van der Waals surface area contributed by atoms with Gasteiger partial charge in [0.15, 0.2) is 0 Å². The lowest BCUT2D eigenvalue weighted by atomic mass is 10.1. The zero-order valence-electron chi connectivity index (χ0n) is 13.1. The molecule has 0 saturated heterocycles. The van der Waals surface area contributed by atoms with Gasteiger partial charge in [0.05, 0.1) is 0 Å². The van der Waals surface area contributed by atoms with Crippen LogP contribution in [0.3, 0.4) is 0 Å². The van der Waals surface area contributed by atoms with Crippen LogP contribution >= 0.6 is 0 Å². The van der Waals surface area contributed by atoms with E-state index in [-0.39, 0.29) is 5.91 Å². The van der Waals surface area contributed by atoms with Crippen molar-refractivity contribution in [3.63, 3.8) is 0 Å². The number of nitrogens with one attached hydrogen (secondary N) is 1. The third kappa shape index (κ3) is 4.85. The second kappa shape index (κ2) is 7.90. The van der Waals surface area contributed by atoms with Gasteiger partial charge in [0.2, 0.25) is 5.91 Å². The van der Waals surface area contributed by atoms with Crippen molar-refractivity contribution in [2.45, 2.75) is 46.6 Å². The van der Waals surface area contributed by atoms with Gasteiger partial charge >= 0.3 is 0 Å². The van der Waals surface area contributed by atoms with Gasteiger partial charge < -0.3 is 16.0 Å². The number of benzene rings is 1. The van der Waals surface area contributed by atoms with Crippen LogP contribution in [0.4, 0.5) is 11.4 Å². The summed E-state index contributed by atoms with van der Waals surface area (Å²) in [5, 5.41) is 2.94. The Kier molecular flexibility index (Phi) is 6.52. The first-order valence-corrected chi connectivity index (χ1v) is 7.37. The highest BCUT2D eigenvalue weighted by Gasteiger charge is 2.12. The van der Waals surface area contributed by atoms with Crippen molar-refractivity contribution < 1.29 is 4.79 Å². The Morgan fingerprint density at radius 3 is 2.70 bits per heavy atom. The molecule has 1 atom stereocenters. The molecule has 0 saturated carbocycles. The summed E-state index contributed by atoms with van der Waals surface area (Å²) in [7, 11) is 0. The Morgan fingerprint density at radius 2 is 2.10 bits per heavy atom. The lowest BCUT2D eigenvalue weighted by molar-refractivity contribution is -0.116. The van der Waals surface area contributed by atoms with Crippen LogP contribution in [0.15, 0.2) is 18.2 Å². The number of hydrogen-bond acceptors (Lipinski definition) is 3. The Bertz CT molecular complexity index is 445. The van der Waals surface area contributed by atoms with Crippen molar-refractivity contribution in [3.8, 4) is 0 Å². The molecule has 0 fully saturated rings. The number of rotatable bonds is 7. The highest BCUT2D eigenvalue weighted by molar-refractivity contribution is 5.92. The molecule has 0 aliphatic rings. The number of nitrogens with two attached hydrogens (primary N) is 1. The lowest BCUT2D eigenvalue weighted by Crippen LogP contribution is -2.35. The van der Waals surface area contributed by atoms with Crippen molar-refractivity contribution in [2.75, 3.05) is 24.1 Å². The molecular formula is C16H27N3O. The third-order valence-corrected chi connectivity index (χ3v) is 3.78. The van der Waals surface area contributed by atoms with Crippen LogP contribution in [0.5, 0.6) is 0 Å². The van der Waals surface area contributed by atoms with Crippen LogP contribution < -0.4 is 11.1 Å². The van der Waals surface area contributed by atoms with Gasteiger partial charge in [0.1, 0.15) is 0 Å².